The van der Waals surface area contributed by atoms with Gasteiger partial charge in [0.1, 0.15) is 5.58 Å². The zero-order valence-electron chi connectivity index (χ0n) is 15.5. The molecule has 0 atom stereocenters. The number of Topliss-reactive ketones (excluding diaryl/α,β-unsaturated/α-hetero) is 1. The molecule has 0 saturated carbocycles. The van der Waals surface area contributed by atoms with Crippen molar-refractivity contribution < 1.29 is 19.1 Å². The van der Waals surface area contributed by atoms with Crippen LogP contribution in [0.2, 0.25) is 0 Å². The molecule has 7 heteroatoms. The van der Waals surface area contributed by atoms with Crippen LogP contribution in [0.4, 0.5) is 0 Å². The average Bonchev–Trinajstić information content (AvgIpc) is 3.37. The van der Waals surface area contributed by atoms with Gasteiger partial charge in [-0.2, -0.15) is 0 Å². The lowest BCUT2D eigenvalue weighted by Crippen LogP contribution is -2.06. The van der Waals surface area contributed by atoms with Gasteiger partial charge in [-0.1, -0.05) is 24.3 Å². The molecule has 5 aromatic rings. The fraction of sp³-hybridized carbons (Fsp3) is 0.0435. The van der Waals surface area contributed by atoms with Gasteiger partial charge in [-0.3, -0.25) is 14.8 Å². The minimum atomic E-state index is -1.07. The van der Waals surface area contributed by atoms with E-state index < -0.39 is 5.97 Å². The van der Waals surface area contributed by atoms with Crippen LogP contribution in [0, 0.1) is 0 Å². The maximum absolute atomic E-state index is 12.8. The molecule has 6 nitrogen and oxygen atoms in total. The van der Waals surface area contributed by atoms with E-state index >= 15 is 0 Å². The Balaban J connectivity index is 1.52. The fourth-order valence-electron chi connectivity index (χ4n) is 3.46. The van der Waals surface area contributed by atoms with Crippen LogP contribution in [0.5, 0.6) is 0 Å². The van der Waals surface area contributed by atoms with E-state index in [1.165, 1.54) is 11.3 Å². The SMILES string of the molecule is O=C(Cc1scc(-c2ccc3nccnc3c2)c1C(=O)O)c1cc2ccccc2o1. The number of rotatable bonds is 5. The molecule has 3 heterocycles. The van der Waals surface area contributed by atoms with Crippen molar-refractivity contribution in [2.24, 2.45) is 0 Å². The van der Waals surface area contributed by atoms with E-state index in [0.717, 1.165) is 16.5 Å². The molecule has 0 aliphatic rings. The van der Waals surface area contributed by atoms with Gasteiger partial charge in [0.15, 0.2) is 5.76 Å². The summed E-state index contributed by atoms with van der Waals surface area (Å²) in [4.78, 5) is 33.8. The number of furan rings is 1. The topological polar surface area (TPSA) is 93.3 Å². The van der Waals surface area contributed by atoms with Crippen LogP contribution < -0.4 is 0 Å². The van der Waals surface area contributed by atoms with E-state index in [-0.39, 0.29) is 23.5 Å². The second kappa shape index (κ2) is 7.20. The Kier molecular flexibility index (Phi) is 4.37. The van der Waals surface area contributed by atoms with Gasteiger partial charge in [0.05, 0.1) is 16.6 Å². The fourth-order valence-corrected chi connectivity index (χ4v) is 4.50. The van der Waals surface area contributed by atoms with E-state index in [9.17, 15) is 14.7 Å². The minimum absolute atomic E-state index is 0.0422. The molecule has 0 aliphatic carbocycles. The van der Waals surface area contributed by atoms with Crippen LogP contribution >= 0.6 is 11.3 Å². The van der Waals surface area contributed by atoms with Gasteiger partial charge in [-0.25, -0.2) is 4.79 Å². The second-order valence-corrected chi connectivity index (χ2v) is 7.73. The number of para-hydroxylation sites is 1. The predicted molar refractivity (Wildman–Crippen MR) is 114 cm³/mol. The molecule has 0 fully saturated rings. The van der Waals surface area contributed by atoms with Crippen molar-refractivity contribution >= 4 is 45.1 Å². The molecule has 0 radical (unpaired) electrons. The van der Waals surface area contributed by atoms with Crippen LogP contribution in [0.1, 0.15) is 25.8 Å². The standard InChI is InChI=1S/C23H14N2O4S/c26-18(20-10-14-3-1-2-4-19(14)29-20)11-21-22(23(27)28)15(12-30-21)13-5-6-16-17(9-13)25-8-7-24-16/h1-10,12H,11H2,(H,27,28). The third kappa shape index (κ3) is 3.15. The van der Waals surface area contributed by atoms with Crippen molar-refractivity contribution in [1.82, 2.24) is 9.97 Å². The number of benzene rings is 2. The Hall–Kier alpha value is -3.84. The molecule has 0 amide bonds. The van der Waals surface area contributed by atoms with E-state index in [1.807, 2.05) is 30.3 Å². The van der Waals surface area contributed by atoms with Crippen LogP contribution in [0.25, 0.3) is 33.1 Å². The van der Waals surface area contributed by atoms with E-state index in [4.69, 9.17) is 4.42 Å². The highest BCUT2D eigenvalue weighted by Crippen LogP contribution is 2.34. The summed E-state index contributed by atoms with van der Waals surface area (Å²) in [5.74, 6) is -1.10. The average molecular weight is 414 g/mol. The Morgan fingerprint density at radius 1 is 1.00 bits per heavy atom. The quantitative estimate of drug-likeness (QED) is 0.396. The van der Waals surface area contributed by atoms with Crippen molar-refractivity contribution in [3.05, 3.63) is 82.5 Å². The van der Waals surface area contributed by atoms with Crippen molar-refractivity contribution in [2.45, 2.75) is 6.42 Å². The van der Waals surface area contributed by atoms with Gasteiger partial charge >= 0.3 is 5.97 Å². The Morgan fingerprint density at radius 2 is 1.80 bits per heavy atom. The normalized spacial score (nSPS) is 11.2. The number of aromatic carboxylic acids is 1. The molecule has 0 saturated heterocycles. The highest BCUT2D eigenvalue weighted by Gasteiger charge is 2.23. The number of ketones is 1. The molecular weight excluding hydrogens is 400 g/mol. The van der Waals surface area contributed by atoms with E-state index in [1.54, 1.807) is 36.0 Å². The molecule has 146 valence electrons. The molecule has 0 spiro atoms. The zero-order valence-corrected chi connectivity index (χ0v) is 16.3. The van der Waals surface area contributed by atoms with Gasteiger partial charge < -0.3 is 9.52 Å². The molecule has 2 aromatic carbocycles. The number of nitrogens with zero attached hydrogens (tertiary/aromatic N) is 2. The van der Waals surface area contributed by atoms with E-state index in [2.05, 4.69) is 9.97 Å². The van der Waals surface area contributed by atoms with E-state index in [0.29, 0.717) is 21.5 Å². The summed E-state index contributed by atoms with van der Waals surface area (Å²) >= 11 is 1.26. The summed E-state index contributed by atoms with van der Waals surface area (Å²) in [7, 11) is 0. The zero-order chi connectivity index (χ0) is 20.7. The smallest absolute Gasteiger partial charge is 0.337 e. The largest absolute Gasteiger partial charge is 0.478 e. The van der Waals surface area contributed by atoms with Gasteiger partial charge in [0.2, 0.25) is 5.78 Å². The predicted octanol–water partition coefficient (Wildman–Crippen LogP) is 5.23. The lowest BCUT2D eigenvalue weighted by molar-refractivity contribution is 0.0697. The van der Waals surface area contributed by atoms with Gasteiger partial charge in [-0.15, -0.1) is 11.3 Å². The highest BCUT2D eigenvalue weighted by molar-refractivity contribution is 7.11. The summed E-state index contributed by atoms with van der Waals surface area (Å²) in [6, 6.07) is 14.5. The van der Waals surface area contributed by atoms with Crippen LogP contribution in [-0.2, 0) is 6.42 Å². The molecule has 0 aliphatic heterocycles. The van der Waals surface area contributed by atoms with Crippen LogP contribution in [0.3, 0.4) is 0 Å². The summed E-state index contributed by atoms with van der Waals surface area (Å²) in [5.41, 5.74) is 3.45. The monoisotopic (exact) mass is 414 g/mol. The van der Waals surface area contributed by atoms with Crippen molar-refractivity contribution in [3.63, 3.8) is 0 Å². The molecule has 1 N–H and O–H groups in total. The Labute approximate surface area is 174 Å². The summed E-state index contributed by atoms with van der Waals surface area (Å²) < 4.78 is 5.63. The number of carboxylic acids is 1. The third-order valence-corrected chi connectivity index (χ3v) is 5.87. The van der Waals surface area contributed by atoms with Crippen molar-refractivity contribution in [1.29, 1.82) is 0 Å². The number of carbonyl (C=O) groups excluding carboxylic acids is 1. The number of thiophene rings is 1. The third-order valence-electron chi connectivity index (χ3n) is 4.88. The first-order valence-electron chi connectivity index (χ1n) is 9.17. The number of fused-ring (bicyclic) bond motifs is 2. The molecule has 0 unspecified atom stereocenters. The first kappa shape index (κ1) is 18.2. The van der Waals surface area contributed by atoms with Crippen LogP contribution in [-0.4, -0.2) is 26.8 Å². The minimum Gasteiger partial charge on any atom is -0.478 e. The molecule has 3 aromatic heterocycles. The first-order chi connectivity index (χ1) is 14.6. The Morgan fingerprint density at radius 3 is 2.60 bits per heavy atom. The van der Waals surface area contributed by atoms with Gasteiger partial charge in [-0.05, 0) is 35.2 Å². The summed E-state index contributed by atoms with van der Waals surface area (Å²) in [5, 5.41) is 12.5. The number of hydrogen-bond acceptors (Lipinski definition) is 6. The number of carbonyl (C=O) groups is 2. The highest BCUT2D eigenvalue weighted by atomic mass is 32.1. The molecule has 30 heavy (non-hydrogen) atoms. The van der Waals surface area contributed by atoms with Crippen LogP contribution in [0.15, 0.2) is 70.7 Å². The first-order valence-corrected chi connectivity index (χ1v) is 10.0. The second-order valence-electron chi connectivity index (χ2n) is 6.76. The van der Waals surface area contributed by atoms with Gasteiger partial charge in [0.25, 0.3) is 0 Å². The number of aromatic nitrogens is 2. The molecule has 0 bridgehead atoms. The number of hydrogen-bond donors (Lipinski definition) is 1. The maximum atomic E-state index is 12.8. The Bertz CT molecular complexity index is 1400. The summed E-state index contributed by atoms with van der Waals surface area (Å²) in [6.07, 6.45) is 3.16. The lowest BCUT2D eigenvalue weighted by atomic mass is 10.0. The lowest BCUT2D eigenvalue weighted by Gasteiger charge is -2.04. The van der Waals surface area contributed by atoms with Gasteiger partial charge in [0, 0.05) is 34.6 Å². The van der Waals surface area contributed by atoms with Crippen molar-refractivity contribution in [2.75, 3.05) is 0 Å². The molecule has 5 rings (SSSR count). The maximum Gasteiger partial charge on any atom is 0.337 e. The molecular formula is C23H14N2O4S. The van der Waals surface area contributed by atoms with Crippen molar-refractivity contribution in [3.8, 4) is 11.1 Å². The summed E-state index contributed by atoms with van der Waals surface area (Å²) in [6.45, 7) is 0. The number of carboxylic acid groups (broad SMARTS) is 1.